The van der Waals surface area contributed by atoms with E-state index >= 15 is 0 Å². The predicted molar refractivity (Wildman–Crippen MR) is 123 cm³/mol. The van der Waals surface area contributed by atoms with Gasteiger partial charge in [-0.3, -0.25) is 9.59 Å². The van der Waals surface area contributed by atoms with Crippen LogP contribution in [0.25, 0.3) is 0 Å². The lowest BCUT2D eigenvalue weighted by atomic mass is 10.1. The number of nitrogens with zero attached hydrogens (tertiary/aromatic N) is 2. The maximum absolute atomic E-state index is 13.1. The first kappa shape index (κ1) is 22.9. The molecule has 3 aromatic rings. The minimum Gasteiger partial charge on any atom is -0.370 e. The SMILES string of the molecule is O=C(Nc1ccc(F)cc1)N[C@H](Cc1cnc[nH]1)C(=O)Nc1ccc(N2CCOCC2=O)cc1. The van der Waals surface area contributed by atoms with Crippen LogP contribution in [-0.4, -0.2) is 53.6 Å². The molecule has 0 saturated carbocycles. The van der Waals surface area contributed by atoms with Crippen LogP contribution >= 0.6 is 0 Å². The first-order valence-electron chi connectivity index (χ1n) is 10.6. The number of carbonyl (C=O) groups excluding carboxylic acids is 3. The molecule has 1 aromatic heterocycles. The summed E-state index contributed by atoms with van der Waals surface area (Å²) in [6.07, 6.45) is 3.21. The molecule has 2 heterocycles. The molecule has 1 atom stereocenters. The number of benzene rings is 2. The van der Waals surface area contributed by atoms with Crippen LogP contribution in [0, 0.1) is 5.82 Å². The summed E-state index contributed by atoms with van der Waals surface area (Å²) in [5, 5.41) is 7.99. The van der Waals surface area contributed by atoms with E-state index in [4.69, 9.17) is 4.74 Å². The van der Waals surface area contributed by atoms with Gasteiger partial charge in [-0.05, 0) is 48.5 Å². The largest absolute Gasteiger partial charge is 0.370 e. The summed E-state index contributed by atoms with van der Waals surface area (Å²) >= 11 is 0. The lowest BCUT2D eigenvalue weighted by Crippen LogP contribution is -2.47. The number of nitrogens with one attached hydrogen (secondary N) is 4. The zero-order valence-electron chi connectivity index (χ0n) is 18.1. The van der Waals surface area contributed by atoms with E-state index in [1.165, 1.54) is 30.6 Å². The van der Waals surface area contributed by atoms with E-state index in [1.807, 2.05) is 0 Å². The van der Waals surface area contributed by atoms with Gasteiger partial charge < -0.3 is 30.6 Å². The number of rotatable bonds is 7. The molecule has 4 N–H and O–H groups in total. The first-order valence-corrected chi connectivity index (χ1v) is 10.6. The van der Waals surface area contributed by atoms with Crippen LogP contribution in [0.15, 0.2) is 61.1 Å². The molecular weight excluding hydrogens is 443 g/mol. The lowest BCUT2D eigenvalue weighted by molar-refractivity contribution is -0.125. The Hall–Kier alpha value is -4.25. The van der Waals surface area contributed by atoms with Crippen molar-refractivity contribution in [2.45, 2.75) is 12.5 Å². The Morgan fingerprint density at radius 2 is 1.79 bits per heavy atom. The van der Waals surface area contributed by atoms with Crippen molar-refractivity contribution in [2.75, 3.05) is 35.3 Å². The maximum atomic E-state index is 13.1. The van der Waals surface area contributed by atoms with Crippen LogP contribution < -0.4 is 20.9 Å². The number of hydrogen-bond acceptors (Lipinski definition) is 5. The average Bonchev–Trinajstić information content (AvgIpc) is 3.34. The number of urea groups is 1. The second-order valence-corrected chi connectivity index (χ2v) is 7.57. The van der Waals surface area contributed by atoms with E-state index < -0.39 is 23.8 Å². The normalized spacial score (nSPS) is 14.4. The number of halogens is 1. The highest BCUT2D eigenvalue weighted by Gasteiger charge is 2.23. The second-order valence-electron chi connectivity index (χ2n) is 7.57. The lowest BCUT2D eigenvalue weighted by Gasteiger charge is -2.27. The molecule has 10 nitrogen and oxygen atoms in total. The van der Waals surface area contributed by atoms with E-state index in [9.17, 15) is 18.8 Å². The minimum absolute atomic E-state index is 0.0411. The fraction of sp³-hybridized carbons (Fsp3) is 0.217. The van der Waals surface area contributed by atoms with Gasteiger partial charge in [-0.1, -0.05) is 0 Å². The molecule has 0 radical (unpaired) electrons. The van der Waals surface area contributed by atoms with Crippen molar-refractivity contribution < 1.29 is 23.5 Å². The van der Waals surface area contributed by atoms with E-state index in [1.54, 1.807) is 35.4 Å². The van der Waals surface area contributed by atoms with Crippen LogP contribution in [0.5, 0.6) is 0 Å². The van der Waals surface area contributed by atoms with Crippen molar-refractivity contribution in [1.29, 1.82) is 0 Å². The van der Waals surface area contributed by atoms with Crippen LogP contribution in [0.3, 0.4) is 0 Å². The third-order valence-corrected chi connectivity index (χ3v) is 5.14. The van der Waals surface area contributed by atoms with Crippen LogP contribution in [0.1, 0.15) is 5.69 Å². The van der Waals surface area contributed by atoms with E-state index in [-0.39, 0.29) is 18.9 Å². The summed E-state index contributed by atoms with van der Waals surface area (Å²) in [6.45, 7) is 0.967. The number of H-pyrrole nitrogens is 1. The van der Waals surface area contributed by atoms with Gasteiger partial charge in [0.05, 0.1) is 12.9 Å². The highest BCUT2D eigenvalue weighted by Crippen LogP contribution is 2.20. The number of amides is 4. The van der Waals surface area contributed by atoms with E-state index in [0.29, 0.717) is 35.9 Å². The fourth-order valence-electron chi connectivity index (χ4n) is 3.43. The predicted octanol–water partition coefficient (Wildman–Crippen LogP) is 2.28. The molecule has 0 spiro atoms. The van der Waals surface area contributed by atoms with Gasteiger partial charge in [0.25, 0.3) is 5.91 Å². The zero-order chi connectivity index (χ0) is 23.9. The molecular formula is C23H23FN6O4. The number of morpholine rings is 1. The summed E-state index contributed by atoms with van der Waals surface area (Å²) < 4.78 is 18.2. The van der Waals surface area contributed by atoms with Crippen molar-refractivity contribution in [3.8, 4) is 0 Å². The van der Waals surface area contributed by atoms with Crippen LogP contribution in [0.4, 0.5) is 26.2 Å². The van der Waals surface area contributed by atoms with Gasteiger partial charge in [0.2, 0.25) is 5.91 Å². The smallest absolute Gasteiger partial charge is 0.319 e. The summed E-state index contributed by atoms with van der Waals surface area (Å²) in [7, 11) is 0. The number of hydrogen-bond donors (Lipinski definition) is 4. The standard InChI is InChI=1S/C23H23FN6O4/c24-15-1-3-17(4-2-15)28-23(33)29-20(11-18-12-25-14-26-18)22(32)27-16-5-7-19(8-6-16)30-9-10-34-13-21(30)31/h1-8,12,14,20H,9-11,13H2,(H,25,26)(H,27,32)(H2,28,29,33)/t20-/m1/s1. The number of imidazole rings is 1. The van der Waals surface area contributed by atoms with Crippen molar-refractivity contribution >= 4 is 34.9 Å². The maximum Gasteiger partial charge on any atom is 0.319 e. The zero-order valence-corrected chi connectivity index (χ0v) is 18.1. The molecule has 4 rings (SSSR count). The van der Waals surface area contributed by atoms with Gasteiger partial charge in [-0.2, -0.15) is 0 Å². The van der Waals surface area contributed by atoms with Crippen molar-refractivity contribution in [3.05, 3.63) is 72.6 Å². The Kier molecular flexibility index (Phi) is 7.13. The molecule has 4 amide bonds. The van der Waals surface area contributed by atoms with Gasteiger partial charge in [0.15, 0.2) is 0 Å². The molecule has 0 unspecified atom stereocenters. The second kappa shape index (κ2) is 10.6. The van der Waals surface area contributed by atoms with Gasteiger partial charge in [0, 0.05) is 41.9 Å². The molecule has 176 valence electrons. The molecule has 0 aliphatic carbocycles. The topological polar surface area (TPSA) is 128 Å². The third kappa shape index (κ3) is 5.95. The summed E-state index contributed by atoms with van der Waals surface area (Å²) in [6, 6.07) is 10.6. The molecule has 1 aliphatic heterocycles. The number of ether oxygens (including phenoxy) is 1. The monoisotopic (exact) mass is 466 g/mol. The quantitative estimate of drug-likeness (QED) is 0.425. The Balaban J connectivity index is 1.42. The number of anilines is 3. The Morgan fingerprint density at radius 1 is 1.09 bits per heavy atom. The molecule has 0 bridgehead atoms. The van der Waals surface area contributed by atoms with Crippen molar-refractivity contribution in [1.82, 2.24) is 15.3 Å². The Morgan fingerprint density at radius 3 is 2.47 bits per heavy atom. The molecule has 2 aromatic carbocycles. The van der Waals surface area contributed by atoms with Crippen LogP contribution in [0.2, 0.25) is 0 Å². The molecule has 34 heavy (non-hydrogen) atoms. The minimum atomic E-state index is -0.929. The van der Waals surface area contributed by atoms with Crippen LogP contribution in [-0.2, 0) is 20.7 Å². The summed E-state index contributed by atoms with van der Waals surface area (Å²) in [5.74, 6) is -0.996. The molecule has 1 saturated heterocycles. The summed E-state index contributed by atoms with van der Waals surface area (Å²) in [4.78, 5) is 45.9. The highest BCUT2D eigenvalue weighted by atomic mass is 19.1. The number of aromatic amines is 1. The number of carbonyl (C=O) groups is 3. The average molecular weight is 466 g/mol. The highest BCUT2D eigenvalue weighted by molar-refractivity contribution is 6.00. The van der Waals surface area contributed by atoms with E-state index in [2.05, 4.69) is 25.9 Å². The van der Waals surface area contributed by atoms with Crippen molar-refractivity contribution in [2.24, 2.45) is 0 Å². The van der Waals surface area contributed by atoms with Gasteiger partial charge in [-0.15, -0.1) is 0 Å². The summed E-state index contributed by atoms with van der Waals surface area (Å²) in [5.41, 5.74) is 2.25. The van der Waals surface area contributed by atoms with E-state index in [0.717, 1.165) is 0 Å². The fourth-order valence-corrected chi connectivity index (χ4v) is 3.43. The molecule has 11 heteroatoms. The Labute approximate surface area is 194 Å². The van der Waals surface area contributed by atoms with Gasteiger partial charge >= 0.3 is 6.03 Å². The number of aromatic nitrogens is 2. The molecule has 1 aliphatic rings. The Bertz CT molecular complexity index is 1140. The van der Waals surface area contributed by atoms with Crippen molar-refractivity contribution in [3.63, 3.8) is 0 Å². The first-order chi connectivity index (χ1) is 16.5. The van der Waals surface area contributed by atoms with Gasteiger partial charge in [-0.25, -0.2) is 14.2 Å². The third-order valence-electron chi connectivity index (χ3n) is 5.14. The van der Waals surface area contributed by atoms with Gasteiger partial charge in [0.1, 0.15) is 18.5 Å². The molecule has 1 fully saturated rings.